The third-order valence-electron chi connectivity index (χ3n) is 5.71. The Labute approximate surface area is 159 Å². The van der Waals surface area contributed by atoms with E-state index >= 15 is 0 Å². The van der Waals surface area contributed by atoms with Crippen LogP contribution in [0.1, 0.15) is 19.3 Å². The fourth-order valence-corrected chi connectivity index (χ4v) is 12.7. The molecule has 3 aromatic rings. The standard InChI is InChI=1S/C23H24BrP/c24-25(19-20-11-10-12-20,21-13-4-1-5-14-21,22-15-6-2-7-16-22)23-17-8-3-9-18-23/h1-9,13-18,20H,10-12,19H2. The fraction of sp³-hybridized carbons (Fsp3) is 0.217. The number of benzene rings is 3. The minimum absolute atomic E-state index is 0.803. The zero-order valence-corrected chi connectivity index (χ0v) is 16.9. The van der Waals surface area contributed by atoms with Gasteiger partial charge in [-0.2, -0.15) is 0 Å². The summed E-state index contributed by atoms with van der Waals surface area (Å²) < 4.78 is 0. The quantitative estimate of drug-likeness (QED) is 0.478. The molecular formula is C23H24BrP. The Bertz CT molecular complexity index is 726. The van der Waals surface area contributed by atoms with Gasteiger partial charge in [0, 0.05) is 0 Å². The van der Waals surface area contributed by atoms with E-state index in [-0.39, 0.29) is 0 Å². The average Bonchev–Trinajstić information content (AvgIpc) is 2.67. The molecule has 0 N–H and O–H groups in total. The van der Waals surface area contributed by atoms with Crippen LogP contribution in [0.3, 0.4) is 0 Å². The van der Waals surface area contributed by atoms with Crippen LogP contribution in [-0.2, 0) is 0 Å². The van der Waals surface area contributed by atoms with Crippen LogP contribution in [-0.4, -0.2) is 6.16 Å². The van der Waals surface area contributed by atoms with E-state index in [2.05, 4.69) is 106 Å². The number of rotatable bonds is 5. The van der Waals surface area contributed by atoms with Crippen LogP contribution in [0.4, 0.5) is 0 Å². The van der Waals surface area contributed by atoms with Gasteiger partial charge in [-0.25, -0.2) is 0 Å². The van der Waals surface area contributed by atoms with Gasteiger partial charge >= 0.3 is 159 Å². The fourth-order valence-electron chi connectivity index (χ4n) is 4.14. The number of hydrogen-bond acceptors (Lipinski definition) is 0. The second kappa shape index (κ2) is 6.71. The van der Waals surface area contributed by atoms with Gasteiger partial charge in [0.1, 0.15) is 0 Å². The van der Waals surface area contributed by atoms with E-state index in [1.165, 1.54) is 41.3 Å². The van der Waals surface area contributed by atoms with E-state index in [0.29, 0.717) is 0 Å². The zero-order valence-electron chi connectivity index (χ0n) is 14.4. The van der Waals surface area contributed by atoms with Crippen LogP contribution in [0.2, 0.25) is 0 Å². The molecule has 1 aliphatic rings. The normalized spacial score (nSPS) is 16.6. The van der Waals surface area contributed by atoms with Gasteiger partial charge in [0.05, 0.1) is 0 Å². The van der Waals surface area contributed by atoms with Gasteiger partial charge in [-0.05, 0) is 0 Å². The van der Waals surface area contributed by atoms with Gasteiger partial charge in [-0.15, -0.1) is 0 Å². The molecule has 0 amide bonds. The summed E-state index contributed by atoms with van der Waals surface area (Å²) in [6, 6.07) is 33.4. The van der Waals surface area contributed by atoms with E-state index < -0.39 is 5.31 Å². The molecule has 1 aliphatic carbocycles. The molecule has 4 rings (SSSR count). The maximum absolute atomic E-state index is 4.52. The van der Waals surface area contributed by atoms with Crippen molar-refractivity contribution >= 4 is 36.7 Å². The van der Waals surface area contributed by atoms with Crippen molar-refractivity contribution in [3.05, 3.63) is 91.0 Å². The third kappa shape index (κ3) is 2.78. The Kier molecular flexibility index (Phi) is 4.56. The first-order chi connectivity index (χ1) is 12.2. The summed E-state index contributed by atoms with van der Waals surface area (Å²) in [4.78, 5) is 0. The van der Waals surface area contributed by atoms with Crippen molar-refractivity contribution in [2.24, 2.45) is 5.92 Å². The Balaban J connectivity index is 2.04. The van der Waals surface area contributed by atoms with Crippen molar-refractivity contribution in [3.63, 3.8) is 0 Å². The molecule has 0 heterocycles. The predicted octanol–water partition coefficient (Wildman–Crippen LogP) is 5.63. The van der Waals surface area contributed by atoms with Crippen molar-refractivity contribution in [2.45, 2.75) is 19.3 Å². The minimum atomic E-state index is -2.65. The van der Waals surface area contributed by atoms with Crippen LogP contribution in [0.15, 0.2) is 91.0 Å². The summed E-state index contributed by atoms with van der Waals surface area (Å²) in [6.07, 6.45) is 5.30. The molecule has 0 aliphatic heterocycles. The summed E-state index contributed by atoms with van der Waals surface area (Å²) in [7, 11) is 0. The Morgan fingerprint density at radius 2 is 1.00 bits per heavy atom. The van der Waals surface area contributed by atoms with Crippen molar-refractivity contribution in [3.8, 4) is 0 Å². The van der Waals surface area contributed by atoms with Crippen molar-refractivity contribution in [2.75, 3.05) is 6.16 Å². The summed E-state index contributed by atoms with van der Waals surface area (Å²) in [5.41, 5.74) is 0. The molecule has 3 aromatic carbocycles. The van der Waals surface area contributed by atoms with Crippen LogP contribution >= 0.6 is 20.8 Å². The molecule has 1 fully saturated rings. The number of hydrogen-bond donors (Lipinski definition) is 0. The van der Waals surface area contributed by atoms with Crippen LogP contribution in [0, 0.1) is 5.92 Å². The molecule has 25 heavy (non-hydrogen) atoms. The van der Waals surface area contributed by atoms with Crippen LogP contribution in [0.25, 0.3) is 0 Å². The van der Waals surface area contributed by atoms with Gasteiger partial charge < -0.3 is 0 Å². The topological polar surface area (TPSA) is 0 Å². The number of halogens is 1. The van der Waals surface area contributed by atoms with E-state index in [0.717, 1.165) is 5.92 Å². The maximum atomic E-state index is 4.52. The van der Waals surface area contributed by atoms with E-state index in [1.54, 1.807) is 0 Å². The summed E-state index contributed by atoms with van der Waals surface area (Å²) in [5, 5.41) is 1.67. The summed E-state index contributed by atoms with van der Waals surface area (Å²) in [5.74, 6) is 0.803. The molecule has 0 aromatic heterocycles. The molecule has 128 valence electrons. The van der Waals surface area contributed by atoms with Gasteiger partial charge in [0.15, 0.2) is 0 Å². The Morgan fingerprint density at radius 3 is 1.28 bits per heavy atom. The summed E-state index contributed by atoms with van der Waals surface area (Å²) >= 11 is 4.52. The predicted molar refractivity (Wildman–Crippen MR) is 116 cm³/mol. The molecule has 1 saturated carbocycles. The van der Waals surface area contributed by atoms with Gasteiger partial charge in [0.25, 0.3) is 0 Å². The zero-order chi connectivity index (χ0) is 17.2. The van der Waals surface area contributed by atoms with Crippen LogP contribution in [0.5, 0.6) is 0 Å². The second-order valence-electron chi connectivity index (χ2n) is 7.17. The first kappa shape index (κ1) is 17.0. The van der Waals surface area contributed by atoms with Crippen molar-refractivity contribution in [1.82, 2.24) is 0 Å². The molecule has 0 saturated heterocycles. The molecule has 0 bridgehead atoms. The second-order valence-corrected chi connectivity index (χ2v) is 16.1. The molecule has 0 nitrogen and oxygen atoms in total. The van der Waals surface area contributed by atoms with E-state index in [9.17, 15) is 0 Å². The Hall–Kier alpha value is -1.43. The molecule has 0 radical (unpaired) electrons. The SMILES string of the molecule is BrP(CC1CCC1)(c1ccccc1)(c1ccccc1)c1ccccc1. The molecule has 0 atom stereocenters. The van der Waals surface area contributed by atoms with E-state index in [4.69, 9.17) is 0 Å². The monoisotopic (exact) mass is 410 g/mol. The first-order valence-corrected chi connectivity index (χ1v) is 13.6. The molecule has 2 heteroatoms. The van der Waals surface area contributed by atoms with Crippen molar-refractivity contribution < 1.29 is 0 Å². The third-order valence-corrected chi connectivity index (χ3v) is 15.6. The first-order valence-electron chi connectivity index (χ1n) is 9.11. The molecule has 0 spiro atoms. The molecular weight excluding hydrogens is 387 g/mol. The van der Waals surface area contributed by atoms with Gasteiger partial charge in [-0.3, -0.25) is 0 Å². The van der Waals surface area contributed by atoms with Gasteiger partial charge in [0.2, 0.25) is 0 Å². The van der Waals surface area contributed by atoms with Crippen molar-refractivity contribution in [1.29, 1.82) is 0 Å². The molecule has 0 unspecified atom stereocenters. The van der Waals surface area contributed by atoms with E-state index in [1.807, 2.05) is 0 Å². The average molecular weight is 411 g/mol. The Morgan fingerprint density at radius 1 is 0.640 bits per heavy atom. The van der Waals surface area contributed by atoms with Crippen LogP contribution < -0.4 is 15.9 Å². The summed E-state index contributed by atoms with van der Waals surface area (Å²) in [6.45, 7) is 0. The van der Waals surface area contributed by atoms with Gasteiger partial charge in [-0.1, -0.05) is 0 Å².